The first kappa shape index (κ1) is 19.4. The summed E-state index contributed by atoms with van der Waals surface area (Å²) in [5, 5.41) is 2.51. The van der Waals surface area contributed by atoms with Gasteiger partial charge in [0.2, 0.25) is 0 Å². The molecule has 1 atom stereocenters. The number of esters is 1. The molecule has 0 aliphatic heterocycles. The van der Waals surface area contributed by atoms with Crippen LogP contribution < -0.4 is 10.1 Å². The zero-order chi connectivity index (χ0) is 19.3. The van der Waals surface area contributed by atoms with E-state index in [1.54, 1.807) is 25.1 Å². The number of hydrogen-bond donors (Lipinski definition) is 1. The Kier molecular flexibility index (Phi) is 6.33. The molecule has 2 aromatic rings. The highest BCUT2D eigenvalue weighted by molar-refractivity contribution is 5.95. The van der Waals surface area contributed by atoms with E-state index in [1.165, 1.54) is 13.0 Å². The van der Waals surface area contributed by atoms with Gasteiger partial charge in [0.05, 0.1) is 0 Å². The summed E-state index contributed by atoms with van der Waals surface area (Å²) in [6.07, 6.45) is -1.03. The van der Waals surface area contributed by atoms with Crippen molar-refractivity contribution in [1.29, 1.82) is 0 Å². The Bertz CT molecular complexity index is 819. The topological polar surface area (TPSA) is 64.6 Å². The molecule has 0 saturated carbocycles. The molecule has 0 aliphatic carbocycles. The van der Waals surface area contributed by atoms with Crippen molar-refractivity contribution in [3.05, 3.63) is 58.9 Å². The van der Waals surface area contributed by atoms with Crippen LogP contribution in [0.25, 0.3) is 0 Å². The molecule has 2 rings (SSSR count). The molecule has 0 aromatic heterocycles. The minimum absolute atomic E-state index is 0.299. The molecular formula is C20H22FNO4. The van der Waals surface area contributed by atoms with E-state index in [9.17, 15) is 14.0 Å². The molecule has 0 heterocycles. The zero-order valence-corrected chi connectivity index (χ0v) is 15.3. The van der Waals surface area contributed by atoms with Crippen molar-refractivity contribution >= 4 is 17.6 Å². The fraction of sp³-hybridized carbons (Fsp3) is 0.300. The van der Waals surface area contributed by atoms with Crippen LogP contribution in [0.2, 0.25) is 0 Å². The lowest BCUT2D eigenvalue weighted by Crippen LogP contribution is -2.31. The molecule has 0 aliphatic rings. The molecule has 1 N–H and O–H groups in total. The Morgan fingerprint density at radius 3 is 2.46 bits per heavy atom. The first-order chi connectivity index (χ1) is 12.3. The molecule has 0 radical (unpaired) electrons. The van der Waals surface area contributed by atoms with E-state index >= 15 is 0 Å². The van der Waals surface area contributed by atoms with E-state index in [-0.39, 0.29) is 6.61 Å². The molecule has 5 nitrogen and oxygen atoms in total. The highest BCUT2D eigenvalue weighted by atomic mass is 19.1. The molecule has 0 bridgehead atoms. The molecule has 1 amide bonds. The van der Waals surface area contributed by atoms with Gasteiger partial charge in [0.25, 0.3) is 5.91 Å². The lowest BCUT2D eigenvalue weighted by atomic mass is 10.1. The van der Waals surface area contributed by atoms with Crippen molar-refractivity contribution < 1.29 is 23.5 Å². The number of halogens is 1. The van der Waals surface area contributed by atoms with E-state index < -0.39 is 23.8 Å². The Morgan fingerprint density at radius 2 is 1.81 bits per heavy atom. The number of anilines is 1. The standard InChI is InChI=1S/C20H22FNO4/c1-12-5-8-18(14(3)9-12)25-11-19(23)26-15(4)20(24)22-16-7-6-13(2)17(21)10-16/h5-10,15H,11H2,1-4H3,(H,22,24)/t15-/m0/s1. The average Bonchev–Trinajstić information content (AvgIpc) is 2.57. The summed E-state index contributed by atoms with van der Waals surface area (Å²) in [5.41, 5.74) is 2.78. The maximum absolute atomic E-state index is 13.5. The predicted molar refractivity (Wildman–Crippen MR) is 96.7 cm³/mol. The van der Waals surface area contributed by atoms with E-state index in [0.717, 1.165) is 11.1 Å². The Labute approximate surface area is 152 Å². The SMILES string of the molecule is Cc1ccc(OCC(=O)O[C@@H](C)C(=O)Nc2ccc(C)c(F)c2)c(C)c1. The second-order valence-electron chi connectivity index (χ2n) is 6.14. The number of amides is 1. The average molecular weight is 359 g/mol. The van der Waals surface area contributed by atoms with Crippen LogP contribution in [0.3, 0.4) is 0 Å². The minimum Gasteiger partial charge on any atom is -0.482 e. The van der Waals surface area contributed by atoms with Gasteiger partial charge in [-0.05, 0) is 57.0 Å². The van der Waals surface area contributed by atoms with Crippen molar-refractivity contribution in [2.45, 2.75) is 33.8 Å². The Balaban J connectivity index is 1.85. The van der Waals surface area contributed by atoms with Gasteiger partial charge < -0.3 is 14.8 Å². The van der Waals surface area contributed by atoms with Crippen molar-refractivity contribution in [3.8, 4) is 5.75 Å². The van der Waals surface area contributed by atoms with Crippen LogP contribution in [-0.2, 0) is 14.3 Å². The number of hydrogen-bond acceptors (Lipinski definition) is 4. The first-order valence-electron chi connectivity index (χ1n) is 8.23. The zero-order valence-electron chi connectivity index (χ0n) is 15.3. The summed E-state index contributed by atoms with van der Waals surface area (Å²) >= 11 is 0. The van der Waals surface area contributed by atoms with Gasteiger partial charge in [0.1, 0.15) is 11.6 Å². The van der Waals surface area contributed by atoms with Crippen molar-refractivity contribution in [2.75, 3.05) is 11.9 Å². The van der Waals surface area contributed by atoms with Crippen LogP contribution in [0.1, 0.15) is 23.6 Å². The third kappa shape index (κ3) is 5.31. The third-order valence-corrected chi connectivity index (χ3v) is 3.79. The number of aryl methyl sites for hydroxylation is 3. The second-order valence-corrected chi connectivity index (χ2v) is 6.14. The van der Waals surface area contributed by atoms with E-state index in [0.29, 0.717) is 17.0 Å². The fourth-order valence-electron chi connectivity index (χ4n) is 2.30. The maximum atomic E-state index is 13.5. The van der Waals surface area contributed by atoms with Crippen LogP contribution in [0.4, 0.5) is 10.1 Å². The summed E-state index contributed by atoms with van der Waals surface area (Å²) in [5.74, 6) is -1.05. The van der Waals surface area contributed by atoms with Gasteiger partial charge >= 0.3 is 5.97 Å². The van der Waals surface area contributed by atoms with Crippen LogP contribution in [0.5, 0.6) is 5.75 Å². The van der Waals surface area contributed by atoms with Crippen molar-refractivity contribution in [2.24, 2.45) is 0 Å². The number of ether oxygens (including phenoxy) is 2. The summed E-state index contributed by atoms with van der Waals surface area (Å²) in [6, 6.07) is 9.94. The molecule has 0 unspecified atom stereocenters. The second kappa shape index (κ2) is 8.47. The largest absolute Gasteiger partial charge is 0.482 e. The molecular weight excluding hydrogens is 337 g/mol. The van der Waals surface area contributed by atoms with Gasteiger partial charge in [-0.3, -0.25) is 4.79 Å². The van der Waals surface area contributed by atoms with Crippen molar-refractivity contribution in [3.63, 3.8) is 0 Å². The third-order valence-electron chi connectivity index (χ3n) is 3.79. The smallest absolute Gasteiger partial charge is 0.344 e. The van der Waals surface area contributed by atoms with Crippen LogP contribution >= 0.6 is 0 Å². The van der Waals surface area contributed by atoms with Gasteiger partial charge in [-0.25, -0.2) is 9.18 Å². The van der Waals surface area contributed by atoms with E-state index in [2.05, 4.69) is 5.32 Å². The Morgan fingerprint density at radius 1 is 1.08 bits per heavy atom. The number of nitrogens with one attached hydrogen (secondary N) is 1. The summed E-state index contributed by atoms with van der Waals surface area (Å²) in [6.45, 7) is 6.60. The summed E-state index contributed by atoms with van der Waals surface area (Å²) < 4.78 is 24.0. The van der Waals surface area contributed by atoms with E-state index in [4.69, 9.17) is 9.47 Å². The van der Waals surface area contributed by atoms with Gasteiger partial charge in [-0.15, -0.1) is 0 Å². The quantitative estimate of drug-likeness (QED) is 0.799. The van der Waals surface area contributed by atoms with Crippen LogP contribution in [0.15, 0.2) is 36.4 Å². The normalized spacial score (nSPS) is 11.6. The van der Waals surface area contributed by atoms with Gasteiger partial charge in [0.15, 0.2) is 12.7 Å². The monoisotopic (exact) mass is 359 g/mol. The molecule has 6 heteroatoms. The maximum Gasteiger partial charge on any atom is 0.344 e. The molecule has 138 valence electrons. The molecule has 0 fully saturated rings. The summed E-state index contributed by atoms with van der Waals surface area (Å²) in [7, 11) is 0. The highest BCUT2D eigenvalue weighted by Gasteiger charge is 2.19. The number of carbonyl (C=O) groups is 2. The molecule has 26 heavy (non-hydrogen) atoms. The van der Waals surface area contributed by atoms with Crippen LogP contribution in [0, 0.1) is 26.6 Å². The van der Waals surface area contributed by atoms with Gasteiger partial charge in [-0.1, -0.05) is 23.8 Å². The Hall–Kier alpha value is -2.89. The number of benzene rings is 2. The summed E-state index contributed by atoms with van der Waals surface area (Å²) in [4.78, 5) is 23.9. The van der Waals surface area contributed by atoms with Gasteiger partial charge in [-0.2, -0.15) is 0 Å². The molecule has 0 spiro atoms. The minimum atomic E-state index is -1.03. The molecule has 2 aromatic carbocycles. The number of rotatable bonds is 6. The fourth-order valence-corrected chi connectivity index (χ4v) is 2.30. The lowest BCUT2D eigenvalue weighted by molar-refractivity contribution is -0.155. The van der Waals surface area contributed by atoms with Gasteiger partial charge in [0, 0.05) is 5.69 Å². The highest BCUT2D eigenvalue weighted by Crippen LogP contribution is 2.18. The lowest BCUT2D eigenvalue weighted by Gasteiger charge is -2.15. The van der Waals surface area contributed by atoms with E-state index in [1.807, 2.05) is 26.0 Å². The van der Waals surface area contributed by atoms with Crippen LogP contribution in [-0.4, -0.2) is 24.6 Å². The number of carbonyl (C=O) groups excluding carboxylic acids is 2. The predicted octanol–water partition coefficient (Wildman–Crippen LogP) is 3.70. The van der Waals surface area contributed by atoms with Crippen molar-refractivity contribution in [1.82, 2.24) is 0 Å². The molecule has 0 saturated heterocycles. The first-order valence-corrected chi connectivity index (χ1v) is 8.23.